The highest BCUT2D eigenvalue weighted by Crippen LogP contribution is 2.36. The summed E-state index contributed by atoms with van der Waals surface area (Å²) in [5, 5.41) is 10.2. The van der Waals surface area contributed by atoms with Gasteiger partial charge in [0.2, 0.25) is 0 Å². The molecule has 0 radical (unpaired) electrons. The summed E-state index contributed by atoms with van der Waals surface area (Å²) in [6, 6.07) is 9.99. The maximum Gasteiger partial charge on any atom is 0.165 e. The van der Waals surface area contributed by atoms with Crippen molar-refractivity contribution in [2.45, 2.75) is 37.0 Å². The van der Waals surface area contributed by atoms with Crippen LogP contribution in [0.3, 0.4) is 0 Å². The second-order valence-electron chi connectivity index (χ2n) is 6.02. The van der Waals surface area contributed by atoms with E-state index in [1.807, 2.05) is 41.8 Å². The molecule has 1 aliphatic rings. The summed E-state index contributed by atoms with van der Waals surface area (Å²) >= 11 is 4.58. The number of rotatable bonds is 3. The molecule has 3 aromatic rings. The number of benzene rings is 1. The molecular weight excluding hydrogens is 324 g/mol. The molecule has 2 aromatic heterocycles. The van der Waals surface area contributed by atoms with Crippen molar-refractivity contribution >= 4 is 23.8 Å². The van der Waals surface area contributed by atoms with Crippen molar-refractivity contribution in [3.05, 3.63) is 54.2 Å². The maximum absolute atomic E-state index is 10.5. The molecule has 0 saturated carbocycles. The van der Waals surface area contributed by atoms with E-state index >= 15 is 0 Å². The highest BCUT2D eigenvalue weighted by molar-refractivity contribution is 7.81. The third kappa shape index (κ3) is 2.58. The number of thiol groups is 1. The number of ether oxygens (including phenoxy) is 1. The molecule has 7 heteroatoms. The fourth-order valence-electron chi connectivity index (χ4n) is 3.13. The molecule has 124 valence electrons. The van der Waals surface area contributed by atoms with Crippen molar-refractivity contribution in [2.75, 3.05) is 0 Å². The number of aryl methyl sites for hydroxylation is 1. The minimum atomic E-state index is -0.668. The Morgan fingerprint density at radius 3 is 2.79 bits per heavy atom. The molecule has 1 saturated heterocycles. The van der Waals surface area contributed by atoms with Crippen molar-refractivity contribution < 1.29 is 9.84 Å². The number of aliphatic hydroxyl groups is 1. The molecule has 0 aliphatic carbocycles. The summed E-state index contributed by atoms with van der Waals surface area (Å²) in [6.07, 6.45) is 2.42. The van der Waals surface area contributed by atoms with Crippen LogP contribution in [0, 0.1) is 6.92 Å². The van der Waals surface area contributed by atoms with Gasteiger partial charge in [0, 0.05) is 6.42 Å². The molecule has 1 aliphatic heterocycles. The number of aromatic nitrogens is 4. The zero-order valence-corrected chi connectivity index (χ0v) is 14.0. The predicted molar refractivity (Wildman–Crippen MR) is 92.9 cm³/mol. The van der Waals surface area contributed by atoms with Gasteiger partial charge in [0.25, 0.3) is 0 Å². The van der Waals surface area contributed by atoms with Gasteiger partial charge in [0.15, 0.2) is 11.9 Å². The lowest BCUT2D eigenvalue weighted by atomic mass is 10.0. The molecule has 1 aromatic carbocycles. The summed E-state index contributed by atoms with van der Waals surface area (Å²) in [4.78, 5) is 12.8. The molecule has 6 nitrogen and oxygen atoms in total. The first-order valence-electron chi connectivity index (χ1n) is 7.85. The van der Waals surface area contributed by atoms with E-state index in [0.29, 0.717) is 12.1 Å². The zero-order valence-electron chi connectivity index (χ0n) is 13.1. The van der Waals surface area contributed by atoms with Crippen LogP contribution < -0.4 is 0 Å². The Balaban J connectivity index is 1.63. The van der Waals surface area contributed by atoms with Gasteiger partial charge in [-0.25, -0.2) is 15.0 Å². The molecule has 24 heavy (non-hydrogen) atoms. The molecule has 0 amide bonds. The lowest BCUT2D eigenvalue weighted by molar-refractivity contribution is -0.0158. The molecule has 0 unspecified atom stereocenters. The van der Waals surface area contributed by atoms with E-state index in [-0.39, 0.29) is 11.4 Å². The van der Waals surface area contributed by atoms with Crippen LogP contribution in [-0.2, 0) is 11.2 Å². The normalized spacial score (nSPS) is 27.0. The van der Waals surface area contributed by atoms with Gasteiger partial charge in [0.1, 0.15) is 11.8 Å². The first-order chi connectivity index (χ1) is 11.6. The zero-order chi connectivity index (χ0) is 16.7. The fraction of sp³-hybridized carbons (Fsp3) is 0.353. The van der Waals surface area contributed by atoms with Crippen LogP contribution >= 0.6 is 12.6 Å². The first kappa shape index (κ1) is 15.6. The maximum atomic E-state index is 10.5. The SMILES string of the molecule is Cc1ncnc2c1ncn2[C@@H]1O[C@H](Cc2ccccc2)[C@@H](O)[C@H]1S. The average Bonchev–Trinajstić information content (AvgIpc) is 3.13. The number of fused-ring (bicyclic) bond motifs is 1. The Hall–Kier alpha value is -1.96. The van der Waals surface area contributed by atoms with Crippen molar-refractivity contribution in [3.63, 3.8) is 0 Å². The second kappa shape index (κ2) is 6.16. The Morgan fingerprint density at radius 1 is 1.21 bits per heavy atom. The van der Waals surface area contributed by atoms with E-state index in [2.05, 4.69) is 27.6 Å². The summed E-state index contributed by atoms with van der Waals surface area (Å²) in [6.45, 7) is 1.89. The predicted octanol–water partition coefficient (Wildman–Crippen LogP) is 1.93. The molecule has 0 bridgehead atoms. The van der Waals surface area contributed by atoms with Gasteiger partial charge in [-0.3, -0.25) is 4.57 Å². The first-order valence-corrected chi connectivity index (χ1v) is 8.36. The number of aliphatic hydroxyl groups excluding tert-OH is 1. The molecule has 0 spiro atoms. The highest BCUT2D eigenvalue weighted by atomic mass is 32.1. The minimum absolute atomic E-state index is 0.319. The highest BCUT2D eigenvalue weighted by Gasteiger charge is 2.43. The van der Waals surface area contributed by atoms with Crippen LogP contribution in [0.25, 0.3) is 11.2 Å². The molecule has 1 N–H and O–H groups in total. The molecular formula is C17H18N4O2S. The van der Waals surface area contributed by atoms with Crippen molar-refractivity contribution in [2.24, 2.45) is 0 Å². The molecule has 3 heterocycles. The summed E-state index contributed by atoms with van der Waals surface area (Å²) in [7, 11) is 0. The van der Waals surface area contributed by atoms with Gasteiger partial charge in [-0.05, 0) is 12.5 Å². The van der Waals surface area contributed by atoms with E-state index in [1.165, 1.54) is 6.33 Å². The van der Waals surface area contributed by atoms with Gasteiger partial charge < -0.3 is 9.84 Å². The Bertz CT molecular complexity index is 854. The van der Waals surface area contributed by atoms with Crippen LogP contribution in [0.4, 0.5) is 0 Å². The fourth-order valence-corrected chi connectivity index (χ4v) is 3.54. The second-order valence-corrected chi connectivity index (χ2v) is 6.62. The standard InChI is InChI=1S/C17H18N4O2S/c1-10-13-16(19-8-18-10)21(9-20-13)17-15(24)14(22)12(23-17)7-11-5-3-2-4-6-11/h2-6,8-9,12,14-15,17,22,24H,7H2,1H3/t12-,14-,15-,17-/m1/s1. The van der Waals surface area contributed by atoms with Gasteiger partial charge in [-0.1, -0.05) is 30.3 Å². The molecule has 4 atom stereocenters. The number of nitrogens with zero attached hydrogens (tertiary/aromatic N) is 4. The summed E-state index contributed by atoms with van der Waals surface area (Å²) in [5.41, 5.74) is 3.37. The van der Waals surface area contributed by atoms with Gasteiger partial charge >= 0.3 is 0 Å². The largest absolute Gasteiger partial charge is 0.389 e. The van der Waals surface area contributed by atoms with Crippen molar-refractivity contribution in [1.29, 1.82) is 0 Å². The van der Waals surface area contributed by atoms with Crippen LogP contribution in [0.2, 0.25) is 0 Å². The topological polar surface area (TPSA) is 73.1 Å². The van der Waals surface area contributed by atoms with E-state index in [4.69, 9.17) is 4.74 Å². The summed E-state index contributed by atoms with van der Waals surface area (Å²) in [5.74, 6) is 0. The van der Waals surface area contributed by atoms with E-state index in [9.17, 15) is 5.11 Å². The third-order valence-electron chi connectivity index (χ3n) is 4.43. The van der Waals surface area contributed by atoms with Gasteiger partial charge in [0.05, 0.1) is 29.5 Å². The lowest BCUT2D eigenvalue weighted by Crippen LogP contribution is -2.29. The molecule has 4 rings (SSSR count). The van der Waals surface area contributed by atoms with Crippen LogP contribution in [0.5, 0.6) is 0 Å². The van der Waals surface area contributed by atoms with E-state index in [0.717, 1.165) is 16.8 Å². The van der Waals surface area contributed by atoms with Gasteiger partial charge in [-0.15, -0.1) is 0 Å². The number of imidazole rings is 1. The average molecular weight is 342 g/mol. The third-order valence-corrected chi connectivity index (χ3v) is 4.99. The van der Waals surface area contributed by atoms with Crippen molar-refractivity contribution in [3.8, 4) is 0 Å². The number of hydrogen-bond acceptors (Lipinski definition) is 6. The Kier molecular flexibility index (Phi) is 3.99. The lowest BCUT2D eigenvalue weighted by Gasteiger charge is -2.16. The number of hydrogen-bond donors (Lipinski definition) is 2. The smallest absolute Gasteiger partial charge is 0.165 e. The summed E-state index contributed by atoms with van der Waals surface area (Å²) < 4.78 is 7.95. The van der Waals surface area contributed by atoms with Crippen molar-refractivity contribution in [1.82, 2.24) is 19.5 Å². The Labute approximate surface area is 144 Å². The van der Waals surface area contributed by atoms with Crippen LogP contribution in [-0.4, -0.2) is 42.1 Å². The van der Waals surface area contributed by atoms with Crippen LogP contribution in [0.1, 0.15) is 17.5 Å². The Morgan fingerprint density at radius 2 is 2.00 bits per heavy atom. The van der Waals surface area contributed by atoms with E-state index < -0.39 is 12.3 Å². The quantitative estimate of drug-likeness (QED) is 0.712. The molecule has 1 fully saturated rings. The van der Waals surface area contributed by atoms with Gasteiger partial charge in [-0.2, -0.15) is 12.6 Å². The monoisotopic (exact) mass is 342 g/mol. The van der Waals surface area contributed by atoms with Crippen LogP contribution in [0.15, 0.2) is 43.0 Å². The minimum Gasteiger partial charge on any atom is -0.389 e. The van der Waals surface area contributed by atoms with E-state index in [1.54, 1.807) is 6.33 Å².